The van der Waals surface area contributed by atoms with Crippen LogP contribution in [-0.4, -0.2) is 60.3 Å². The van der Waals surface area contributed by atoms with Gasteiger partial charge in [-0.1, -0.05) is 36.8 Å². The first-order valence-corrected chi connectivity index (χ1v) is 12.4. The number of carbonyl (C=O) groups is 2. The summed E-state index contributed by atoms with van der Waals surface area (Å²) in [5, 5.41) is 3.21. The van der Waals surface area contributed by atoms with Crippen molar-refractivity contribution in [2.45, 2.75) is 87.9 Å². The van der Waals surface area contributed by atoms with Crippen LogP contribution in [0.5, 0.6) is 0 Å². The molecule has 3 atom stereocenters. The molecule has 2 saturated heterocycles. The lowest BCUT2D eigenvalue weighted by Gasteiger charge is -2.43. The van der Waals surface area contributed by atoms with Crippen LogP contribution in [-0.2, 0) is 19.1 Å². The molecule has 5 rings (SSSR count). The lowest BCUT2D eigenvalue weighted by molar-refractivity contribution is -0.148. The minimum Gasteiger partial charge on any atom is -0.376 e. The number of amides is 2. The number of morpholine rings is 1. The Kier molecular flexibility index (Phi) is 6.26. The van der Waals surface area contributed by atoms with Crippen molar-refractivity contribution in [2.75, 3.05) is 19.8 Å². The SMILES string of the molecule is C[C@@H]1C[C@@]2(COCC(=O)N2)[C@H](COC2CCC(c3ccccc3)CC2)N1C(=O)C1CCC1. The first-order valence-electron chi connectivity index (χ1n) is 12.4. The average molecular weight is 441 g/mol. The van der Waals surface area contributed by atoms with Gasteiger partial charge in [-0.15, -0.1) is 0 Å². The second kappa shape index (κ2) is 9.14. The zero-order chi connectivity index (χ0) is 22.1. The molecule has 0 unspecified atom stereocenters. The van der Waals surface area contributed by atoms with E-state index < -0.39 is 5.54 Å². The number of hydrogen-bond donors (Lipinski definition) is 1. The molecule has 1 spiro atoms. The van der Waals surface area contributed by atoms with Crippen molar-refractivity contribution in [3.8, 4) is 0 Å². The zero-order valence-electron chi connectivity index (χ0n) is 19.1. The third kappa shape index (κ3) is 4.19. The summed E-state index contributed by atoms with van der Waals surface area (Å²) in [6, 6.07) is 10.7. The minimum atomic E-state index is -0.532. The van der Waals surface area contributed by atoms with E-state index in [1.165, 1.54) is 5.56 Å². The first kappa shape index (κ1) is 21.9. The molecule has 2 amide bonds. The Morgan fingerprint density at radius 2 is 1.91 bits per heavy atom. The third-order valence-corrected chi connectivity index (χ3v) is 8.23. The van der Waals surface area contributed by atoms with E-state index in [2.05, 4.69) is 42.6 Å². The van der Waals surface area contributed by atoms with E-state index >= 15 is 0 Å². The van der Waals surface area contributed by atoms with Crippen molar-refractivity contribution in [1.29, 1.82) is 0 Å². The number of likely N-dealkylation sites (tertiary alicyclic amines) is 1. The number of rotatable bonds is 5. The summed E-state index contributed by atoms with van der Waals surface area (Å²) in [7, 11) is 0. The molecular weight excluding hydrogens is 404 g/mol. The summed E-state index contributed by atoms with van der Waals surface area (Å²) in [5.41, 5.74) is 0.893. The van der Waals surface area contributed by atoms with Crippen molar-refractivity contribution in [3.63, 3.8) is 0 Å². The van der Waals surface area contributed by atoms with E-state index in [4.69, 9.17) is 9.47 Å². The fourth-order valence-electron chi connectivity index (χ4n) is 6.29. The van der Waals surface area contributed by atoms with Gasteiger partial charge in [0.05, 0.1) is 30.9 Å². The van der Waals surface area contributed by atoms with E-state index in [-0.39, 0.29) is 42.5 Å². The highest BCUT2D eigenvalue weighted by atomic mass is 16.5. The summed E-state index contributed by atoms with van der Waals surface area (Å²) < 4.78 is 12.1. The lowest BCUT2D eigenvalue weighted by atomic mass is 9.82. The fourth-order valence-corrected chi connectivity index (χ4v) is 6.29. The quantitative estimate of drug-likeness (QED) is 0.762. The van der Waals surface area contributed by atoms with Gasteiger partial charge in [0.15, 0.2) is 0 Å². The fraction of sp³-hybridized carbons (Fsp3) is 0.692. The minimum absolute atomic E-state index is 0.0764. The van der Waals surface area contributed by atoms with Crippen LogP contribution in [0.25, 0.3) is 0 Å². The molecule has 174 valence electrons. The van der Waals surface area contributed by atoms with Crippen LogP contribution < -0.4 is 5.32 Å². The van der Waals surface area contributed by atoms with Gasteiger partial charge in [0.1, 0.15) is 6.61 Å². The molecule has 2 saturated carbocycles. The van der Waals surface area contributed by atoms with Gasteiger partial charge in [-0.2, -0.15) is 0 Å². The predicted molar refractivity (Wildman–Crippen MR) is 121 cm³/mol. The van der Waals surface area contributed by atoms with Crippen molar-refractivity contribution in [2.24, 2.45) is 5.92 Å². The maximum Gasteiger partial charge on any atom is 0.246 e. The molecule has 4 aliphatic rings. The number of carbonyl (C=O) groups excluding carboxylic acids is 2. The number of nitrogens with zero attached hydrogens (tertiary/aromatic N) is 1. The molecule has 2 aliphatic heterocycles. The van der Waals surface area contributed by atoms with E-state index in [1.54, 1.807) is 0 Å². The summed E-state index contributed by atoms with van der Waals surface area (Å²) in [6.45, 7) is 3.12. The number of hydrogen-bond acceptors (Lipinski definition) is 4. The monoisotopic (exact) mass is 440 g/mol. The summed E-state index contributed by atoms with van der Waals surface area (Å²) in [4.78, 5) is 27.6. The van der Waals surface area contributed by atoms with Crippen molar-refractivity contribution in [3.05, 3.63) is 35.9 Å². The van der Waals surface area contributed by atoms with Gasteiger partial charge < -0.3 is 19.7 Å². The van der Waals surface area contributed by atoms with Crippen LogP contribution in [0.4, 0.5) is 0 Å². The molecule has 2 heterocycles. The highest BCUT2D eigenvalue weighted by Gasteiger charge is 2.56. The Labute approximate surface area is 191 Å². The van der Waals surface area contributed by atoms with Gasteiger partial charge in [-0.25, -0.2) is 0 Å². The zero-order valence-corrected chi connectivity index (χ0v) is 19.1. The molecule has 0 bridgehead atoms. The van der Waals surface area contributed by atoms with Crippen molar-refractivity contribution >= 4 is 11.8 Å². The van der Waals surface area contributed by atoms with Crippen LogP contribution in [0, 0.1) is 5.92 Å². The molecule has 32 heavy (non-hydrogen) atoms. The molecule has 6 heteroatoms. The van der Waals surface area contributed by atoms with Crippen LogP contribution in [0.1, 0.15) is 69.8 Å². The molecule has 0 aromatic heterocycles. The molecule has 4 fully saturated rings. The van der Waals surface area contributed by atoms with Crippen molar-refractivity contribution < 1.29 is 19.1 Å². The summed E-state index contributed by atoms with van der Waals surface area (Å²) in [5.74, 6) is 0.893. The van der Waals surface area contributed by atoms with Crippen molar-refractivity contribution in [1.82, 2.24) is 10.2 Å². The predicted octanol–water partition coefficient (Wildman–Crippen LogP) is 3.40. The topological polar surface area (TPSA) is 67.9 Å². The number of benzene rings is 1. The van der Waals surface area contributed by atoms with Crippen LogP contribution in [0.3, 0.4) is 0 Å². The van der Waals surface area contributed by atoms with Gasteiger partial charge in [0.25, 0.3) is 0 Å². The van der Waals surface area contributed by atoms with Gasteiger partial charge in [0.2, 0.25) is 11.8 Å². The average Bonchev–Trinajstić information content (AvgIpc) is 3.02. The molecule has 1 aromatic carbocycles. The maximum absolute atomic E-state index is 13.3. The standard InChI is InChI=1S/C26H36N2O4/c1-18-14-26(17-31-16-24(29)27-26)23(28(18)25(30)21-8-5-9-21)15-32-22-12-10-20(11-13-22)19-6-3-2-4-7-19/h2-4,6-7,18,20-23H,5,8-17H2,1H3,(H,27,29)/t18-,20?,22?,23+,26-/m1/s1. The van der Waals surface area contributed by atoms with Gasteiger partial charge in [-0.05, 0) is 63.4 Å². The van der Waals surface area contributed by atoms with Crippen LogP contribution in [0.2, 0.25) is 0 Å². The van der Waals surface area contributed by atoms with E-state index in [9.17, 15) is 9.59 Å². The maximum atomic E-state index is 13.3. The van der Waals surface area contributed by atoms with E-state index in [1.807, 2.05) is 4.90 Å². The highest BCUT2D eigenvalue weighted by molar-refractivity contribution is 5.82. The van der Waals surface area contributed by atoms with Gasteiger partial charge in [0, 0.05) is 12.0 Å². The smallest absolute Gasteiger partial charge is 0.246 e. The van der Waals surface area contributed by atoms with Gasteiger partial charge >= 0.3 is 0 Å². The number of nitrogens with one attached hydrogen (secondary N) is 1. The summed E-state index contributed by atoms with van der Waals surface area (Å²) in [6.07, 6.45) is 8.37. The lowest BCUT2D eigenvalue weighted by Crippen LogP contribution is -2.65. The molecule has 1 aromatic rings. The van der Waals surface area contributed by atoms with Crippen LogP contribution >= 0.6 is 0 Å². The summed E-state index contributed by atoms with van der Waals surface area (Å²) >= 11 is 0. The third-order valence-electron chi connectivity index (χ3n) is 8.23. The van der Waals surface area contributed by atoms with E-state index in [0.29, 0.717) is 19.1 Å². The second-order valence-corrected chi connectivity index (χ2v) is 10.4. The Hall–Kier alpha value is -1.92. The normalized spacial score (nSPS) is 35.5. The Morgan fingerprint density at radius 1 is 1.16 bits per heavy atom. The molecule has 0 radical (unpaired) electrons. The van der Waals surface area contributed by atoms with Gasteiger partial charge in [-0.3, -0.25) is 9.59 Å². The molecule has 1 N–H and O–H groups in total. The largest absolute Gasteiger partial charge is 0.376 e. The Morgan fingerprint density at radius 3 is 2.56 bits per heavy atom. The first-order chi connectivity index (χ1) is 15.6. The molecule has 2 aliphatic carbocycles. The number of ether oxygens (including phenoxy) is 2. The highest BCUT2D eigenvalue weighted by Crippen LogP contribution is 2.40. The molecular formula is C26H36N2O4. The second-order valence-electron chi connectivity index (χ2n) is 10.4. The Balaban J connectivity index is 1.26. The molecule has 6 nitrogen and oxygen atoms in total. The van der Waals surface area contributed by atoms with E-state index in [0.717, 1.165) is 51.4 Å². The van der Waals surface area contributed by atoms with Crippen LogP contribution in [0.15, 0.2) is 30.3 Å². The Bertz CT molecular complexity index is 818.